The van der Waals surface area contributed by atoms with Crippen molar-refractivity contribution in [3.8, 4) is 0 Å². The van der Waals surface area contributed by atoms with Crippen LogP contribution in [0.2, 0.25) is 5.02 Å². The highest BCUT2D eigenvalue weighted by Crippen LogP contribution is 2.16. The van der Waals surface area contributed by atoms with Gasteiger partial charge in [0.25, 0.3) is 0 Å². The van der Waals surface area contributed by atoms with E-state index in [-0.39, 0.29) is 5.84 Å². The molecule has 1 heterocycles. The molecule has 0 amide bonds. The molecule has 21 heavy (non-hydrogen) atoms. The number of halogens is 1. The van der Waals surface area contributed by atoms with Crippen molar-refractivity contribution in [2.45, 2.75) is 0 Å². The Hall–Kier alpha value is -2.66. The summed E-state index contributed by atoms with van der Waals surface area (Å²) in [5, 5.41) is 4.07. The molecule has 2 N–H and O–H groups in total. The standard InChI is InChI=1S/C15H12ClN3O2/c16-12-6-2-1-5-11(12)8-9-14(20)21-19-15(17)13-7-3-4-10-18-13/h1-10H,(H2,17,19). The maximum Gasteiger partial charge on any atom is 0.358 e. The molecule has 1 aromatic carbocycles. The van der Waals surface area contributed by atoms with Crippen molar-refractivity contribution < 1.29 is 9.63 Å². The zero-order valence-corrected chi connectivity index (χ0v) is 11.7. The Morgan fingerprint density at radius 2 is 2.00 bits per heavy atom. The van der Waals surface area contributed by atoms with Crippen LogP contribution in [0, 0.1) is 0 Å². The lowest BCUT2D eigenvalue weighted by molar-refractivity contribution is -0.137. The number of rotatable bonds is 4. The van der Waals surface area contributed by atoms with Crippen molar-refractivity contribution in [1.29, 1.82) is 0 Å². The van der Waals surface area contributed by atoms with E-state index in [1.165, 1.54) is 12.2 Å². The topological polar surface area (TPSA) is 77.6 Å². The summed E-state index contributed by atoms with van der Waals surface area (Å²) in [6.07, 6.45) is 4.32. The van der Waals surface area contributed by atoms with Crippen LogP contribution in [-0.4, -0.2) is 16.8 Å². The summed E-state index contributed by atoms with van der Waals surface area (Å²) in [7, 11) is 0. The average molecular weight is 302 g/mol. The van der Waals surface area contributed by atoms with E-state index in [9.17, 15) is 4.79 Å². The van der Waals surface area contributed by atoms with E-state index in [4.69, 9.17) is 17.3 Å². The molecule has 0 unspecified atom stereocenters. The maximum atomic E-state index is 11.5. The largest absolute Gasteiger partial charge is 0.379 e. The van der Waals surface area contributed by atoms with Gasteiger partial charge in [-0.05, 0) is 29.8 Å². The molecule has 0 fully saturated rings. The van der Waals surface area contributed by atoms with Crippen molar-refractivity contribution in [2.24, 2.45) is 10.9 Å². The first-order chi connectivity index (χ1) is 10.2. The smallest absolute Gasteiger partial charge is 0.358 e. The van der Waals surface area contributed by atoms with Crippen LogP contribution in [0.5, 0.6) is 0 Å². The van der Waals surface area contributed by atoms with Gasteiger partial charge in [0, 0.05) is 17.3 Å². The Bertz CT molecular complexity index is 684. The van der Waals surface area contributed by atoms with E-state index < -0.39 is 5.97 Å². The fraction of sp³-hybridized carbons (Fsp3) is 0. The zero-order chi connectivity index (χ0) is 15.1. The second kappa shape index (κ2) is 7.21. The number of pyridine rings is 1. The van der Waals surface area contributed by atoms with Gasteiger partial charge in [0.15, 0.2) is 5.84 Å². The lowest BCUT2D eigenvalue weighted by Gasteiger charge is -1.98. The number of amidine groups is 1. The molecule has 1 aromatic heterocycles. The highest BCUT2D eigenvalue weighted by atomic mass is 35.5. The molecule has 0 aliphatic rings. The van der Waals surface area contributed by atoms with Crippen LogP contribution in [0.1, 0.15) is 11.3 Å². The van der Waals surface area contributed by atoms with Crippen LogP contribution in [0.25, 0.3) is 6.08 Å². The van der Waals surface area contributed by atoms with Crippen LogP contribution in [-0.2, 0) is 9.63 Å². The number of nitrogens with two attached hydrogens (primary N) is 1. The van der Waals surface area contributed by atoms with Crippen LogP contribution in [0.4, 0.5) is 0 Å². The van der Waals surface area contributed by atoms with Gasteiger partial charge in [0.2, 0.25) is 0 Å². The molecule has 2 aromatic rings. The third-order valence-corrected chi connectivity index (χ3v) is 2.81. The first-order valence-electron chi connectivity index (χ1n) is 6.05. The van der Waals surface area contributed by atoms with Crippen LogP contribution in [0.3, 0.4) is 0 Å². The normalized spacial score (nSPS) is 11.6. The Morgan fingerprint density at radius 3 is 2.71 bits per heavy atom. The molecule has 0 spiro atoms. The van der Waals surface area contributed by atoms with Crippen molar-refractivity contribution >= 4 is 29.5 Å². The molecular weight excluding hydrogens is 290 g/mol. The van der Waals surface area contributed by atoms with Gasteiger partial charge in [-0.3, -0.25) is 4.98 Å². The number of nitrogens with zero attached hydrogens (tertiary/aromatic N) is 2. The van der Waals surface area contributed by atoms with E-state index in [0.29, 0.717) is 16.3 Å². The van der Waals surface area contributed by atoms with Gasteiger partial charge >= 0.3 is 5.97 Å². The summed E-state index contributed by atoms with van der Waals surface area (Å²) in [6.45, 7) is 0. The van der Waals surface area contributed by atoms with E-state index in [0.717, 1.165) is 0 Å². The van der Waals surface area contributed by atoms with Gasteiger partial charge in [-0.1, -0.05) is 41.0 Å². The molecule has 0 saturated carbocycles. The van der Waals surface area contributed by atoms with Gasteiger partial charge in [0.1, 0.15) is 5.69 Å². The molecule has 0 saturated heterocycles. The number of benzene rings is 1. The Kier molecular flexibility index (Phi) is 5.06. The monoisotopic (exact) mass is 301 g/mol. The molecule has 6 heteroatoms. The molecule has 0 atom stereocenters. The van der Waals surface area contributed by atoms with E-state index in [1.807, 2.05) is 6.07 Å². The highest BCUT2D eigenvalue weighted by Gasteiger charge is 2.02. The SMILES string of the molecule is NC(=NOC(=O)C=Cc1ccccc1Cl)c1ccccn1. The summed E-state index contributed by atoms with van der Waals surface area (Å²) in [5.74, 6) is -0.635. The molecule has 0 radical (unpaired) electrons. The van der Waals surface area contributed by atoms with E-state index in [1.54, 1.807) is 42.6 Å². The lowest BCUT2D eigenvalue weighted by Crippen LogP contribution is -2.16. The summed E-state index contributed by atoms with van der Waals surface area (Å²) < 4.78 is 0. The molecule has 0 aliphatic carbocycles. The predicted molar refractivity (Wildman–Crippen MR) is 81.5 cm³/mol. The third-order valence-electron chi connectivity index (χ3n) is 2.47. The van der Waals surface area contributed by atoms with E-state index >= 15 is 0 Å². The number of carbonyl (C=O) groups excluding carboxylic acids is 1. The zero-order valence-electron chi connectivity index (χ0n) is 10.9. The highest BCUT2D eigenvalue weighted by molar-refractivity contribution is 6.32. The van der Waals surface area contributed by atoms with Crippen molar-refractivity contribution in [3.05, 3.63) is 71.0 Å². The maximum absolute atomic E-state index is 11.5. The first kappa shape index (κ1) is 14.7. The second-order valence-corrected chi connectivity index (χ2v) is 4.36. The lowest BCUT2D eigenvalue weighted by atomic mass is 10.2. The fourth-order valence-corrected chi connectivity index (χ4v) is 1.65. The molecule has 5 nitrogen and oxygen atoms in total. The molecular formula is C15H12ClN3O2. The summed E-state index contributed by atoms with van der Waals surface area (Å²) in [5.41, 5.74) is 6.78. The summed E-state index contributed by atoms with van der Waals surface area (Å²) >= 11 is 5.96. The number of aromatic nitrogens is 1. The van der Waals surface area contributed by atoms with E-state index in [2.05, 4.69) is 15.0 Å². The quantitative estimate of drug-likeness (QED) is 0.309. The van der Waals surface area contributed by atoms with Gasteiger partial charge < -0.3 is 10.6 Å². The number of oxime groups is 1. The second-order valence-electron chi connectivity index (χ2n) is 3.96. The average Bonchev–Trinajstić information content (AvgIpc) is 2.52. The Morgan fingerprint density at radius 1 is 1.24 bits per heavy atom. The van der Waals surface area contributed by atoms with Gasteiger partial charge in [0.05, 0.1) is 0 Å². The molecule has 106 valence electrons. The van der Waals surface area contributed by atoms with Crippen LogP contribution < -0.4 is 5.73 Å². The van der Waals surface area contributed by atoms with Crippen molar-refractivity contribution in [2.75, 3.05) is 0 Å². The van der Waals surface area contributed by atoms with Crippen molar-refractivity contribution in [3.63, 3.8) is 0 Å². The van der Waals surface area contributed by atoms with Crippen molar-refractivity contribution in [1.82, 2.24) is 4.98 Å². The summed E-state index contributed by atoms with van der Waals surface area (Å²) in [4.78, 5) is 20.2. The first-order valence-corrected chi connectivity index (χ1v) is 6.43. The number of hydrogen-bond donors (Lipinski definition) is 1. The molecule has 2 rings (SSSR count). The van der Waals surface area contributed by atoms with Gasteiger partial charge in [-0.15, -0.1) is 0 Å². The molecule has 0 aliphatic heterocycles. The fourth-order valence-electron chi connectivity index (χ4n) is 1.45. The minimum atomic E-state index is -0.659. The predicted octanol–water partition coefficient (Wildman–Crippen LogP) is 2.61. The number of hydrogen-bond acceptors (Lipinski definition) is 4. The number of carbonyl (C=O) groups is 1. The minimum absolute atomic E-state index is 0.0232. The third kappa shape index (κ3) is 4.43. The Labute approximate surface area is 126 Å². The molecule has 0 bridgehead atoms. The van der Waals surface area contributed by atoms with Crippen LogP contribution >= 0.6 is 11.6 Å². The Balaban J connectivity index is 1.98. The van der Waals surface area contributed by atoms with Gasteiger partial charge in [-0.2, -0.15) is 0 Å². The minimum Gasteiger partial charge on any atom is -0.379 e. The van der Waals surface area contributed by atoms with Gasteiger partial charge in [-0.25, -0.2) is 4.79 Å². The van der Waals surface area contributed by atoms with Crippen LogP contribution in [0.15, 0.2) is 59.9 Å². The summed E-state index contributed by atoms with van der Waals surface area (Å²) in [6, 6.07) is 12.3.